The minimum atomic E-state index is -0.451. The van der Waals surface area contributed by atoms with Crippen molar-refractivity contribution in [2.75, 3.05) is 28.4 Å². The predicted octanol–water partition coefficient (Wildman–Crippen LogP) is 13.8. The van der Waals surface area contributed by atoms with Gasteiger partial charge in [0.1, 0.15) is 11.5 Å². The Kier molecular flexibility index (Phi) is 12.0. The summed E-state index contributed by atoms with van der Waals surface area (Å²) >= 11 is 0. The molecule has 0 amide bonds. The first-order valence-electron chi connectivity index (χ1n) is 23.0. The van der Waals surface area contributed by atoms with Crippen LogP contribution in [0.2, 0.25) is 0 Å². The highest BCUT2D eigenvalue weighted by Gasteiger charge is 2.27. The molecule has 0 atom stereocenters. The van der Waals surface area contributed by atoms with Gasteiger partial charge in [0.2, 0.25) is 0 Å². The Morgan fingerprint density at radius 1 is 0.306 bits per heavy atom. The van der Waals surface area contributed by atoms with Crippen LogP contribution in [0, 0.1) is 13.8 Å². The second-order valence-electron chi connectivity index (χ2n) is 17.7. The molecule has 10 nitrogen and oxygen atoms in total. The highest BCUT2D eigenvalue weighted by Crippen LogP contribution is 2.53. The number of phenols is 2. The lowest BCUT2D eigenvalue weighted by molar-refractivity contribution is 0.0592. The Bertz CT molecular complexity index is 3440. The number of hydrogen-bond donors (Lipinski definition) is 2. The second kappa shape index (κ2) is 18.6. The molecule has 0 saturated heterocycles. The van der Waals surface area contributed by atoms with Gasteiger partial charge in [0.15, 0.2) is 0 Å². The molecule has 0 fully saturated rings. The summed E-state index contributed by atoms with van der Waals surface area (Å²) < 4.78 is 19.9. The van der Waals surface area contributed by atoms with Crippen LogP contribution in [0.5, 0.6) is 11.5 Å². The van der Waals surface area contributed by atoms with E-state index < -0.39 is 23.9 Å². The van der Waals surface area contributed by atoms with Crippen LogP contribution in [0.25, 0.3) is 98.7 Å². The van der Waals surface area contributed by atoms with Gasteiger partial charge in [0, 0.05) is 22.3 Å². The van der Waals surface area contributed by atoms with E-state index in [2.05, 4.69) is 0 Å². The van der Waals surface area contributed by atoms with Crippen LogP contribution >= 0.6 is 0 Å². The average molecular weight is 951 g/mol. The molecule has 0 radical (unpaired) electrons. The van der Waals surface area contributed by atoms with Crippen molar-refractivity contribution in [3.63, 3.8) is 0 Å². The smallest absolute Gasteiger partial charge is 0.337 e. The molecule has 10 heteroatoms. The van der Waals surface area contributed by atoms with Crippen molar-refractivity contribution in [1.82, 2.24) is 0 Å². The molecule has 0 heterocycles. The first kappa shape index (κ1) is 46.4. The Balaban J connectivity index is 1.25. The monoisotopic (exact) mass is 950 g/mol. The number of methoxy groups -OCH3 is 4. The van der Waals surface area contributed by atoms with Crippen LogP contribution in [0.1, 0.15) is 52.6 Å². The molecule has 2 N–H and O–H groups in total. The highest BCUT2D eigenvalue weighted by molar-refractivity contribution is 6.04. The molecule has 10 aromatic rings. The molecule has 72 heavy (non-hydrogen) atoms. The lowest BCUT2D eigenvalue weighted by Gasteiger charge is -2.24. The second-order valence-corrected chi connectivity index (χ2v) is 17.7. The zero-order valence-corrected chi connectivity index (χ0v) is 40.2. The number of phenolic OH excluding ortho intramolecular Hbond substituents is 2. The zero-order valence-electron chi connectivity index (χ0n) is 40.2. The summed E-state index contributed by atoms with van der Waals surface area (Å²) in [6.45, 7) is 3.87. The molecule has 0 spiro atoms. The van der Waals surface area contributed by atoms with Gasteiger partial charge in [0.05, 0.1) is 50.7 Å². The van der Waals surface area contributed by atoms with Crippen LogP contribution < -0.4 is 0 Å². The number of rotatable bonds is 9. The molecule has 0 saturated carbocycles. The summed E-state index contributed by atoms with van der Waals surface area (Å²) in [6.07, 6.45) is 0. The molecule has 10 rings (SSSR count). The van der Waals surface area contributed by atoms with Crippen molar-refractivity contribution >= 4 is 67.0 Å². The molecule has 0 aliphatic heterocycles. The normalized spacial score (nSPS) is 11.2. The van der Waals surface area contributed by atoms with Gasteiger partial charge >= 0.3 is 23.9 Å². The van der Waals surface area contributed by atoms with Crippen LogP contribution in [0.3, 0.4) is 0 Å². The van der Waals surface area contributed by atoms with E-state index in [1.807, 2.05) is 123 Å². The summed E-state index contributed by atoms with van der Waals surface area (Å²) in [4.78, 5) is 49.9. The number of carbonyl (C=O) groups is 4. The highest BCUT2D eigenvalue weighted by atomic mass is 16.5. The third kappa shape index (κ3) is 8.18. The summed E-state index contributed by atoms with van der Waals surface area (Å²) in [5, 5.41) is 32.6. The lowest BCUT2D eigenvalue weighted by atomic mass is 9.81. The standard InChI is InChI=1S/C62H46O10/c1-33-51(43-15-7-39-27-47(59(65)69-3)19-11-35(39)23-43)31-53(45-17-9-41-29-49(61(67)71-5)21-13-37(41)25-45)57(63)55(33)56-34(2)52(44-16-8-40-28-48(60(66)70-4)20-12-36(40)24-44)32-54(58(56)64)46-18-10-42-30-50(62(68)72-6)22-14-38(42)26-46/h7-32,63-64H,1-6H3. The Hall–Kier alpha value is -9.28. The quantitative estimate of drug-likeness (QED) is 0.106. The van der Waals surface area contributed by atoms with E-state index in [0.29, 0.717) is 66.8 Å². The number of fused-ring (bicyclic) bond motifs is 4. The van der Waals surface area contributed by atoms with E-state index in [0.717, 1.165) is 65.3 Å². The van der Waals surface area contributed by atoms with E-state index in [1.54, 1.807) is 48.5 Å². The Labute approximate surface area is 414 Å². The molecule has 0 aliphatic rings. The van der Waals surface area contributed by atoms with Gasteiger partial charge in [-0.3, -0.25) is 0 Å². The lowest BCUT2D eigenvalue weighted by Crippen LogP contribution is -2.01. The maximum atomic E-state index is 13.0. The van der Waals surface area contributed by atoms with Crippen molar-refractivity contribution in [2.45, 2.75) is 13.8 Å². The van der Waals surface area contributed by atoms with Crippen LogP contribution in [0.4, 0.5) is 0 Å². The molecule has 0 bridgehead atoms. The van der Waals surface area contributed by atoms with E-state index >= 15 is 0 Å². The van der Waals surface area contributed by atoms with Crippen molar-refractivity contribution in [2.24, 2.45) is 0 Å². The number of aromatic hydroxyl groups is 2. The maximum Gasteiger partial charge on any atom is 0.337 e. The first-order valence-corrected chi connectivity index (χ1v) is 23.0. The minimum absolute atomic E-state index is 0.0607. The van der Waals surface area contributed by atoms with Crippen molar-refractivity contribution in [3.8, 4) is 67.1 Å². The van der Waals surface area contributed by atoms with E-state index in [9.17, 15) is 29.4 Å². The third-order valence-corrected chi connectivity index (χ3v) is 13.7. The summed E-state index contributed by atoms with van der Waals surface area (Å²) in [5.74, 6) is -1.90. The number of hydrogen-bond acceptors (Lipinski definition) is 10. The molecular formula is C62H46O10. The summed E-state index contributed by atoms with van der Waals surface area (Å²) in [6, 6.07) is 48.7. The topological polar surface area (TPSA) is 146 Å². The zero-order chi connectivity index (χ0) is 50.5. The molecule has 0 aliphatic carbocycles. The van der Waals surface area contributed by atoms with Crippen molar-refractivity contribution in [3.05, 3.63) is 191 Å². The first-order chi connectivity index (χ1) is 34.8. The molecule has 10 aromatic carbocycles. The van der Waals surface area contributed by atoms with Gasteiger partial charge in [-0.25, -0.2) is 19.2 Å². The fraction of sp³-hybridized carbons (Fsp3) is 0.0968. The number of ether oxygens (including phenoxy) is 4. The number of benzene rings is 10. The van der Waals surface area contributed by atoms with Gasteiger partial charge < -0.3 is 29.2 Å². The number of carbonyl (C=O) groups excluding carboxylic acids is 4. The van der Waals surface area contributed by atoms with Gasteiger partial charge in [-0.1, -0.05) is 72.8 Å². The molecular weight excluding hydrogens is 905 g/mol. The fourth-order valence-electron chi connectivity index (χ4n) is 9.82. The van der Waals surface area contributed by atoms with Crippen LogP contribution in [-0.4, -0.2) is 62.5 Å². The van der Waals surface area contributed by atoms with Crippen molar-refractivity contribution in [1.29, 1.82) is 0 Å². The average Bonchev–Trinajstić information content (AvgIpc) is 3.41. The van der Waals surface area contributed by atoms with Gasteiger partial charge in [0.25, 0.3) is 0 Å². The Morgan fingerprint density at radius 3 is 0.778 bits per heavy atom. The predicted molar refractivity (Wildman–Crippen MR) is 282 cm³/mol. The van der Waals surface area contributed by atoms with E-state index in [-0.39, 0.29) is 11.5 Å². The van der Waals surface area contributed by atoms with Crippen LogP contribution in [0.15, 0.2) is 158 Å². The van der Waals surface area contributed by atoms with Gasteiger partial charge in [-0.15, -0.1) is 0 Å². The van der Waals surface area contributed by atoms with E-state index in [1.165, 1.54) is 28.4 Å². The Morgan fingerprint density at radius 2 is 0.528 bits per heavy atom. The molecule has 0 aromatic heterocycles. The summed E-state index contributed by atoms with van der Waals surface area (Å²) in [7, 11) is 5.38. The maximum absolute atomic E-state index is 13.0. The fourth-order valence-corrected chi connectivity index (χ4v) is 9.82. The molecule has 354 valence electrons. The third-order valence-electron chi connectivity index (χ3n) is 13.7. The number of esters is 4. The van der Waals surface area contributed by atoms with E-state index in [4.69, 9.17) is 18.9 Å². The van der Waals surface area contributed by atoms with Gasteiger partial charge in [-0.2, -0.15) is 0 Å². The SMILES string of the molecule is COC(=O)c1ccc2cc(-c3cc(-c4ccc5cc(C(=O)OC)ccc5c4)c(O)c(-c4c(C)c(-c5ccc6cc(C(=O)OC)ccc6c5)cc(-c5ccc6cc(C(=O)OC)ccc6c5)c4O)c3C)ccc2c1. The largest absolute Gasteiger partial charge is 0.507 e. The summed E-state index contributed by atoms with van der Waals surface area (Å²) in [5.41, 5.74) is 9.45. The van der Waals surface area contributed by atoms with Gasteiger partial charge in [-0.05, 0) is 186 Å². The minimum Gasteiger partial charge on any atom is -0.507 e. The van der Waals surface area contributed by atoms with Crippen LogP contribution in [-0.2, 0) is 18.9 Å². The molecule has 0 unspecified atom stereocenters. The van der Waals surface area contributed by atoms with Crippen molar-refractivity contribution < 1.29 is 48.3 Å².